The van der Waals surface area contributed by atoms with Crippen LogP contribution in [-0.2, 0) is 0 Å². The molecule has 3 aromatic rings. The van der Waals surface area contributed by atoms with Crippen molar-refractivity contribution in [2.45, 2.75) is 13.8 Å². The summed E-state index contributed by atoms with van der Waals surface area (Å²) in [4.78, 5) is 2.33. The molecule has 0 radical (unpaired) electrons. The van der Waals surface area contributed by atoms with Crippen molar-refractivity contribution in [1.29, 1.82) is 0 Å². The lowest BCUT2D eigenvalue weighted by Gasteiger charge is -2.19. The number of anilines is 1. The van der Waals surface area contributed by atoms with Gasteiger partial charge >= 0.3 is 11.3 Å². The van der Waals surface area contributed by atoms with Gasteiger partial charge in [-0.1, -0.05) is 30.3 Å². The van der Waals surface area contributed by atoms with Crippen LogP contribution in [0.15, 0.2) is 65.1 Å². The van der Waals surface area contributed by atoms with Crippen LogP contribution >= 0.6 is 0 Å². The lowest BCUT2D eigenvalue weighted by Crippen LogP contribution is -2.22. The van der Waals surface area contributed by atoms with Crippen molar-refractivity contribution >= 4 is 16.7 Å². The lowest BCUT2D eigenvalue weighted by atomic mass is 10.1. The monoisotopic (exact) mass is 278 g/mol. The molecule has 21 heavy (non-hydrogen) atoms. The van der Waals surface area contributed by atoms with E-state index >= 15 is 0 Å². The number of hydrogen-bond acceptors (Lipinski definition) is 1. The van der Waals surface area contributed by atoms with Gasteiger partial charge in [-0.15, -0.1) is 0 Å². The first kappa shape index (κ1) is 13.6. The van der Waals surface area contributed by atoms with Gasteiger partial charge < -0.3 is 4.90 Å². The molecule has 2 aromatic carbocycles. The molecular weight excluding hydrogens is 258 g/mol. The summed E-state index contributed by atoms with van der Waals surface area (Å²) in [5.74, 6) is 0.943. The zero-order valence-corrected chi connectivity index (χ0v) is 12.5. The van der Waals surface area contributed by atoms with E-state index in [9.17, 15) is 0 Å². The topological polar surface area (TPSA) is 14.5 Å². The summed E-state index contributed by atoms with van der Waals surface area (Å²) in [6, 6.07) is 20.7. The van der Waals surface area contributed by atoms with Crippen molar-refractivity contribution in [2.75, 3.05) is 18.0 Å². The third-order valence-electron chi connectivity index (χ3n) is 3.80. The maximum atomic E-state index is 6.22. The first-order chi connectivity index (χ1) is 10.3. The molecule has 0 saturated heterocycles. The van der Waals surface area contributed by atoms with Crippen LogP contribution < -0.4 is 4.90 Å². The zero-order chi connectivity index (χ0) is 14.7. The highest BCUT2D eigenvalue weighted by molar-refractivity contribution is 5.86. The molecule has 0 bridgehead atoms. The van der Waals surface area contributed by atoms with Gasteiger partial charge in [0.2, 0.25) is 0 Å². The predicted octanol–water partition coefficient (Wildman–Crippen LogP) is 5.23. The molecule has 0 fully saturated rings. The molecule has 0 atom stereocenters. The van der Waals surface area contributed by atoms with Gasteiger partial charge in [0.15, 0.2) is 0 Å². The van der Waals surface area contributed by atoms with Gasteiger partial charge in [0.05, 0.1) is 10.9 Å². The van der Waals surface area contributed by atoms with E-state index < -0.39 is 0 Å². The molecule has 2 heteroatoms. The maximum Gasteiger partial charge on any atom is 0.383 e. The summed E-state index contributed by atoms with van der Waals surface area (Å²) >= 11 is 0. The van der Waals surface area contributed by atoms with E-state index in [0.717, 1.165) is 41.1 Å². The molecule has 106 valence electrons. The number of rotatable bonds is 4. The molecule has 2 nitrogen and oxygen atoms in total. The smallest absolute Gasteiger partial charge is 0.364 e. The molecule has 0 aliphatic rings. The predicted molar refractivity (Wildman–Crippen MR) is 89.6 cm³/mol. The zero-order valence-electron chi connectivity index (χ0n) is 12.5. The Morgan fingerprint density at radius 1 is 0.857 bits per heavy atom. The van der Waals surface area contributed by atoms with Crippen LogP contribution in [0, 0.1) is 0 Å². The summed E-state index contributed by atoms with van der Waals surface area (Å²) in [6.45, 7) is 6.27. The van der Waals surface area contributed by atoms with Gasteiger partial charge in [0, 0.05) is 19.2 Å². The Morgan fingerprint density at radius 3 is 2.24 bits per heavy atom. The van der Waals surface area contributed by atoms with Crippen LogP contribution in [0.4, 0.5) is 5.69 Å². The van der Waals surface area contributed by atoms with Crippen molar-refractivity contribution < 1.29 is 4.42 Å². The van der Waals surface area contributed by atoms with Gasteiger partial charge in [0.1, 0.15) is 5.69 Å². The number of fused-ring (bicyclic) bond motifs is 1. The molecule has 0 aliphatic carbocycles. The standard InChI is InChI=1S/C19H20NO/c1-3-20(4-2)17-14-16-12-8-9-13-18(16)21-19(17)15-10-6-5-7-11-15/h5-14H,3-4H2,1-2H3/q+1. The van der Waals surface area contributed by atoms with E-state index in [1.165, 1.54) is 0 Å². The van der Waals surface area contributed by atoms with E-state index in [0.29, 0.717) is 0 Å². The second-order valence-corrected chi connectivity index (χ2v) is 5.04. The third-order valence-corrected chi connectivity index (χ3v) is 3.80. The van der Waals surface area contributed by atoms with Crippen molar-refractivity contribution in [1.82, 2.24) is 0 Å². The normalized spacial score (nSPS) is 10.8. The average molecular weight is 278 g/mol. The highest BCUT2D eigenvalue weighted by atomic mass is 16.3. The van der Waals surface area contributed by atoms with E-state index in [1.807, 2.05) is 36.4 Å². The fourth-order valence-electron chi connectivity index (χ4n) is 2.66. The maximum absolute atomic E-state index is 6.22. The molecule has 0 spiro atoms. The van der Waals surface area contributed by atoms with Crippen LogP contribution in [0.2, 0.25) is 0 Å². The highest BCUT2D eigenvalue weighted by Gasteiger charge is 2.24. The quantitative estimate of drug-likeness (QED) is 0.607. The SMILES string of the molecule is CCN(CC)c1cc2ccccc2[o+]c1-c1ccccc1. The molecular formula is C19H20NO+. The molecule has 0 saturated carbocycles. The Hall–Kier alpha value is -2.35. The summed E-state index contributed by atoms with van der Waals surface area (Å²) in [5, 5.41) is 1.14. The molecule has 1 heterocycles. The van der Waals surface area contributed by atoms with E-state index in [1.54, 1.807) is 0 Å². The number of benzene rings is 2. The lowest BCUT2D eigenvalue weighted by molar-refractivity contribution is 0.616. The van der Waals surface area contributed by atoms with Gasteiger partial charge in [-0.3, -0.25) is 0 Å². The molecule has 0 unspecified atom stereocenters. The fourth-order valence-corrected chi connectivity index (χ4v) is 2.66. The van der Waals surface area contributed by atoms with Gasteiger partial charge in [-0.2, -0.15) is 0 Å². The highest BCUT2D eigenvalue weighted by Crippen LogP contribution is 2.34. The van der Waals surface area contributed by atoms with E-state index in [4.69, 9.17) is 4.42 Å². The second kappa shape index (κ2) is 5.96. The minimum absolute atomic E-state index is 0.923. The van der Waals surface area contributed by atoms with Gasteiger partial charge in [0.25, 0.3) is 0 Å². The number of para-hydroxylation sites is 1. The third kappa shape index (κ3) is 2.62. The first-order valence-corrected chi connectivity index (χ1v) is 7.49. The molecule has 0 aliphatic heterocycles. The minimum Gasteiger partial charge on any atom is -0.364 e. The summed E-state index contributed by atoms with van der Waals surface area (Å²) in [7, 11) is 0. The molecule has 0 amide bonds. The van der Waals surface area contributed by atoms with Crippen LogP contribution in [0.25, 0.3) is 22.3 Å². The Morgan fingerprint density at radius 2 is 1.52 bits per heavy atom. The molecule has 0 N–H and O–H groups in total. The van der Waals surface area contributed by atoms with Crippen molar-refractivity contribution in [3.05, 3.63) is 60.7 Å². The van der Waals surface area contributed by atoms with Crippen molar-refractivity contribution in [2.24, 2.45) is 0 Å². The first-order valence-electron chi connectivity index (χ1n) is 7.49. The minimum atomic E-state index is 0.923. The molecule has 3 rings (SSSR count). The van der Waals surface area contributed by atoms with Crippen LogP contribution in [0.1, 0.15) is 13.8 Å². The largest absolute Gasteiger partial charge is 0.383 e. The average Bonchev–Trinajstić information content (AvgIpc) is 2.56. The Labute approximate surface area is 125 Å². The Kier molecular flexibility index (Phi) is 3.87. The van der Waals surface area contributed by atoms with Gasteiger partial charge in [-0.05, 0) is 38.1 Å². The van der Waals surface area contributed by atoms with E-state index in [-0.39, 0.29) is 0 Å². The van der Waals surface area contributed by atoms with Gasteiger partial charge in [-0.25, -0.2) is 4.42 Å². The number of nitrogens with zero attached hydrogens (tertiary/aromatic N) is 1. The Bertz CT molecular complexity index is 733. The van der Waals surface area contributed by atoms with Crippen LogP contribution in [0.3, 0.4) is 0 Å². The van der Waals surface area contributed by atoms with Crippen molar-refractivity contribution in [3.63, 3.8) is 0 Å². The second-order valence-electron chi connectivity index (χ2n) is 5.04. The van der Waals surface area contributed by atoms with Crippen LogP contribution in [-0.4, -0.2) is 13.1 Å². The molecule has 1 aromatic heterocycles. The number of hydrogen-bond donors (Lipinski definition) is 0. The summed E-state index contributed by atoms with van der Waals surface area (Å²) < 4.78 is 6.22. The summed E-state index contributed by atoms with van der Waals surface area (Å²) in [5.41, 5.74) is 3.20. The fraction of sp³-hybridized carbons (Fsp3) is 0.211. The summed E-state index contributed by atoms with van der Waals surface area (Å²) in [6.07, 6.45) is 0. The van der Waals surface area contributed by atoms with Crippen molar-refractivity contribution in [3.8, 4) is 11.3 Å². The Balaban J connectivity index is 2.26. The van der Waals surface area contributed by atoms with Crippen LogP contribution in [0.5, 0.6) is 0 Å². The van der Waals surface area contributed by atoms with E-state index in [2.05, 4.69) is 43.0 Å².